The molecule has 1 aromatic heterocycles. The average Bonchev–Trinajstić information content (AvgIpc) is 2.95. The monoisotopic (exact) mass is 315 g/mol. The van der Waals surface area contributed by atoms with Gasteiger partial charge in [0.25, 0.3) is 0 Å². The third-order valence-electron chi connectivity index (χ3n) is 4.43. The molecule has 2 N–H and O–H groups in total. The molecule has 1 saturated carbocycles. The van der Waals surface area contributed by atoms with E-state index >= 15 is 0 Å². The molecule has 1 aromatic rings. The zero-order valence-electron chi connectivity index (χ0n) is 11.7. The van der Waals surface area contributed by atoms with Crippen LogP contribution in [0.2, 0.25) is 0 Å². The second-order valence-corrected chi connectivity index (χ2v) is 5.92. The summed E-state index contributed by atoms with van der Waals surface area (Å²) in [4.78, 5) is 16.2. The highest BCUT2D eigenvalue weighted by molar-refractivity contribution is 5.64. The Morgan fingerprint density at radius 2 is 1.91 bits per heavy atom. The lowest BCUT2D eigenvalue weighted by atomic mass is 10.0. The van der Waals surface area contributed by atoms with Gasteiger partial charge < -0.3 is 15.3 Å². The minimum Gasteiger partial charge on any atom is -0.465 e. The summed E-state index contributed by atoms with van der Waals surface area (Å²) < 4.78 is 38.1. The van der Waals surface area contributed by atoms with Gasteiger partial charge in [-0.3, -0.25) is 0 Å². The lowest BCUT2D eigenvalue weighted by Gasteiger charge is -2.21. The van der Waals surface area contributed by atoms with Crippen LogP contribution in [0, 0.1) is 11.8 Å². The number of aromatic nitrogens is 1. The fraction of sp³-hybridized carbons (Fsp3) is 0.571. The summed E-state index contributed by atoms with van der Waals surface area (Å²) in [6.07, 6.45) is -4.01. The van der Waals surface area contributed by atoms with Crippen LogP contribution >= 0.6 is 0 Å². The molecule has 0 unspecified atom stereocenters. The lowest BCUT2D eigenvalue weighted by Crippen LogP contribution is -2.33. The topological polar surface area (TPSA) is 65.5 Å². The number of alkyl halides is 3. The first-order valence-corrected chi connectivity index (χ1v) is 7.11. The van der Waals surface area contributed by atoms with E-state index in [1.54, 1.807) is 6.07 Å². The van der Waals surface area contributed by atoms with Gasteiger partial charge in [-0.15, -0.1) is 0 Å². The molecule has 3 rings (SSSR count). The number of nitrogens with zero attached hydrogens (tertiary/aromatic N) is 2. The number of pyridine rings is 1. The van der Waals surface area contributed by atoms with Gasteiger partial charge in [0.05, 0.1) is 0 Å². The summed E-state index contributed by atoms with van der Waals surface area (Å²) >= 11 is 0. The van der Waals surface area contributed by atoms with Crippen molar-refractivity contribution in [1.29, 1.82) is 0 Å². The summed E-state index contributed by atoms with van der Waals surface area (Å²) in [5, 5.41) is 11.2. The van der Waals surface area contributed by atoms with E-state index in [2.05, 4.69) is 10.3 Å². The van der Waals surface area contributed by atoms with Crippen LogP contribution in [0.15, 0.2) is 18.2 Å². The van der Waals surface area contributed by atoms with E-state index < -0.39 is 18.0 Å². The molecule has 1 aliphatic heterocycles. The number of amides is 1. The van der Waals surface area contributed by atoms with Crippen molar-refractivity contribution in [2.24, 2.45) is 11.8 Å². The number of nitrogens with one attached hydrogen (secondary N) is 1. The maximum Gasteiger partial charge on any atom is 0.433 e. The number of carboxylic acid groups (broad SMARTS) is 1. The summed E-state index contributed by atoms with van der Waals surface area (Å²) in [5.74, 6) is 0.938. The zero-order chi connectivity index (χ0) is 15.9. The molecule has 2 fully saturated rings. The van der Waals surface area contributed by atoms with Gasteiger partial charge in [-0.2, -0.15) is 13.2 Å². The second kappa shape index (κ2) is 5.33. The van der Waals surface area contributed by atoms with Crippen molar-refractivity contribution in [3.63, 3.8) is 0 Å². The molecular formula is C14H16F3N3O2. The molecule has 0 radical (unpaired) electrons. The van der Waals surface area contributed by atoms with E-state index in [-0.39, 0.29) is 6.04 Å². The van der Waals surface area contributed by atoms with E-state index in [4.69, 9.17) is 5.11 Å². The van der Waals surface area contributed by atoms with E-state index in [9.17, 15) is 18.0 Å². The Morgan fingerprint density at radius 1 is 1.27 bits per heavy atom. The molecule has 0 spiro atoms. The zero-order valence-corrected chi connectivity index (χ0v) is 11.7. The predicted octanol–water partition coefficient (Wildman–Crippen LogP) is 2.58. The van der Waals surface area contributed by atoms with Crippen LogP contribution < -0.4 is 10.2 Å². The van der Waals surface area contributed by atoms with Crippen LogP contribution in [0.4, 0.5) is 23.8 Å². The van der Waals surface area contributed by atoms with Crippen LogP contribution in [0.3, 0.4) is 0 Å². The number of hydrogen-bond donors (Lipinski definition) is 2. The first-order chi connectivity index (χ1) is 10.3. The summed E-state index contributed by atoms with van der Waals surface area (Å²) in [5.41, 5.74) is -0.882. The van der Waals surface area contributed by atoms with Crippen molar-refractivity contribution in [3.8, 4) is 0 Å². The number of anilines is 1. The Balaban J connectivity index is 1.67. The highest BCUT2D eigenvalue weighted by atomic mass is 19.4. The Bertz CT molecular complexity index is 565. The fourth-order valence-electron chi connectivity index (χ4n) is 3.54. The molecule has 2 heterocycles. The molecule has 5 nitrogen and oxygen atoms in total. The maximum atomic E-state index is 12.7. The molecule has 1 amide bonds. The third-order valence-corrected chi connectivity index (χ3v) is 4.43. The molecule has 120 valence electrons. The third kappa shape index (κ3) is 2.95. The van der Waals surface area contributed by atoms with Crippen molar-refractivity contribution in [2.75, 3.05) is 18.0 Å². The summed E-state index contributed by atoms with van der Waals surface area (Å²) in [6.45, 7) is 1.24. The SMILES string of the molecule is O=C(O)N[C@@H]1C[C@@H]2CN(c3cccc(C(F)(F)F)n3)C[C@@H]2C1. The van der Waals surface area contributed by atoms with E-state index in [1.807, 2.05) is 4.90 Å². The number of halogens is 3. The average molecular weight is 315 g/mol. The van der Waals surface area contributed by atoms with Crippen LogP contribution in [0.1, 0.15) is 18.5 Å². The van der Waals surface area contributed by atoms with Gasteiger partial charge in [-0.25, -0.2) is 9.78 Å². The number of rotatable bonds is 2. The number of hydrogen-bond acceptors (Lipinski definition) is 3. The molecule has 0 aromatic carbocycles. The van der Waals surface area contributed by atoms with Crippen LogP contribution in [-0.4, -0.2) is 35.3 Å². The van der Waals surface area contributed by atoms with Crippen molar-refractivity contribution in [3.05, 3.63) is 23.9 Å². The van der Waals surface area contributed by atoms with Crippen LogP contribution in [-0.2, 0) is 6.18 Å². The Morgan fingerprint density at radius 3 is 2.45 bits per heavy atom. The van der Waals surface area contributed by atoms with Crippen molar-refractivity contribution >= 4 is 11.9 Å². The van der Waals surface area contributed by atoms with Crippen LogP contribution in [0.5, 0.6) is 0 Å². The minimum absolute atomic E-state index is 0.0517. The molecule has 22 heavy (non-hydrogen) atoms. The fourth-order valence-corrected chi connectivity index (χ4v) is 3.54. The standard InChI is InChI=1S/C14H16F3N3O2/c15-14(16,17)11-2-1-3-12(19-11)20-6-8-4-10(18-13(21)22)5-9(8)7-20/h1-3,8-10,18H,4-7H2,(H,21,22)/t8-,9+,10-. The molecule has 1 saturated heterocycles. The predicted molar refractivity (Wildman–Crippen MR) is 72.6 cm³/mol. The maximum absolute atomic E-state index is 12.7. The van der Waals surface area contributed by atoms with E-state index in [1.165, 1.54) is 6.07 Å². The Kier molecular flexibility index (Phi) is 3.62. The van der Waals surface area contributed by atoms with Gasteiger partial charge in [0, 0.05) is 19.1 Å². The lowest BCUT2D eigenvalue weighted by molar-refractivity contribution is -0.141. The van der Waals surface area contributed by atoms with Gasteiger partial charge in [0.15, 0.2) is 0 Å². The molecule has 1 aliphatic carbocycles. The van der Waals surface area contributed by atoms with Gasteiger partial charge in [0.1, 0.15) is 11.5 Å². The number of carbonyl (C=O) groups is 1. The summed E-state index contributed by atoms with van der Waals surface area (Å²) in [7, 11) is 0. The van der Waals surface area contributed by atoms with Gasteiger partial charge in [0.2, 0.25) is 0 Å². The molecular weight excluding hydrogens is 299 g/mol. The Labute approximate surface area is 125 Å². The molecule has 2 aliphatic rings. The molecule has 3 atom stereocenters. The molecule has 8 heteroatoms. The summed E-state index contributed by atoms with van der Waals surface area (Å²) in [6, 6.07) is 3.87. The molecule has 0 bridgehead atoms. The van der Waals surface area contributed by atoms with E-state index in [0.29, 0.717) is 30.7 Å². The first kappa shape index (κ1) is 14.9. The first-order valence-electron chi connectivity index (χ1n) is 7.11. The quantitative estimate of drug-likeness (QED) is 0.880. The largest absolute Gasteiger partial charge is 0.465 e. The van der Waals surface area contributed by atoms with Crippen molar-refractivity contribution in [1.82, 2.24) is 10.3 Å². The smallest absolute Gasteiger partial charge is 0.433 e. The number of fused-ring (bicyclic) bond motifs is 1. The van der Waals surface area contributed by atoms with Gasteiger partial charge >= 0.3 is 12.3 Å². The second-order valence-electron chi connectivity index (χ2n) is 5.92. The minimum atomic E-state index is -4.44. The van der Waals surface area contributed by atoms with Crippen molar-refractivity contribution in [2.45, 2.75) is 25.1 Å². The van der Waals surface area contributed by atoms with Gasteiger partial charge in [-0.1, -0.05) is 6.07 Å². The van der Waals surface area contributed by atoms with E-state index in [0.717, 1.165) is 18.9 Å². The normalized spacial score (nSPS) is 27.8. The van der Waals surface area contributed by atoms with Gasteiger partial charge in [-0.05, 0) is 36.8 Å². The highest BCUT2D eigenvalue weighted by Gasteiger charge is 2.42. The van der Waals surface area contributed by atoms with Crippen LogP contribution in [0.25, 0.3) is 0 Å². The Hall–Kier alpha value is -1.99. The highest BCUT2D eigenvalue weighted by Crippen LogP contribution is 2.40. The van der Waals surface area contributed by atoms with Crippen molar-refractivity contribution < 1.29 is 23.1 Å².